The van der Waals surface area contributed by atoms with Crippen molar-refractivity contribution in [3.8, 4) is 22.5 Å². The Hall–Kier alpha value is -4.72. The molecule has 1 aliphatic rings. The van der Waals surface area contributed by atoms with E-state index in [-0.39, 0.29) is 5.56 Å². The summed E-state index contributed by atoms with van der Waals surface area (Å²) in [7, 11) is 1.99. The molecule has 0 fully saturated rings. The van der Waals surface area contributed by atoms with Crippen LogP contribution < -0.4 is 10.6 Å². The molecule has 8 heteroatoms. The molecule has 2 heterocycles. The van der Waals surface area contributed by atoms with E-state index in [0.717, 1.165) is 94.8 Å². The molecule has 1 aliphatic carbocycles. The van der Waals surface area contributed by atoms with Crippen LogP contribution in [0, 0.1) is 0 Å². The predicted molar refractivity (Wildman–Crippen MR) is 173 cm³/mol. The Morgan fingerprint density at radius 2 is 1.84 bits per heavy atom. The van der Waals surface area contributed by atoms with Crippen molar-refractivity contribution in [2.24, 2.45) is 7.05 Å². The standard InChI is InChI=1S/C35H40N6O2/c1-6-9-25-19-26(34(42)43)14-16-29(25)38-35-37-21-27-15-17-30-31(32(27)39-35)33(41(5)40-30)24-12-10-23(11-13-24)28(20-36-8-3)18-22(4)7-2/h10-14,16,18-21,36H,6-9,15,17H2,1-5H3,(H,42,43)(H,37,38,39)/b22-18+,28-20+. The highest BCUT2D eigenvalue weighted by Gasteiger charge is 2.27. The molecular formula is C35H40N6O2. The summed E-state index contributed by atoms with van der Waals surface area (Å²) in [5.41, 5.74) is 11.8. The molecule has 0 aliphatic heterocycles. The second kappa shape index (κ2) is 13.1. The third-order valence-corrected chi connectivity index (χ3v) is 7.88. The van der Waals surface area contributed by atoms with E-state index in [1.54, 1.807) is 18.2 Å². The number of carboxylic acids is 1. The third-order valence-electron chi connectivity index (χ3n) is 7.88. The van der Waals surface area contributed by atoms with Gasteiger partial charge >= 0.3 is 5.97 Å². The van der Waals surface area contributed by atoms with Crippen LogP contribution in [0.2, 0.25) is 0 Å². The van der Waals surface area contributed by atoms with Crippen molar-refractivity contribution < 1.29 is 9.90 Å². The molecule has 8 nitrogen and oxygen atoms in total. The van der Waals surface area contributed by atoms with Gasteiger partial charge in [-0.15, -0.1) is 0 Å². The summed E-state index contributed by atoms with van der Waals surface area (Å²) >= 11 is 0. The van der Waals surface area contributed by atoms with Crippen LogP contribution in [0.4, 0.5) is 11.6 Å². The minimum absolute atomic E-state index is 0.275. The average Bonchev–Trinajstić information content (AvgIpc) is 3.36. The van der Waals surface area contributed by atoms with Gasteiger partial charge in [0.05, 0.1) is 22.6 Å². The van der Waals surface area contributed by atoms with Crippen molar-refractivity contribution in [3.05, 3.63) is 94.5 Å². The Kier molecular flexibility index (Phi) is 9.04. The summed E-state index contributed by atoms with van der Waals surface area (Å²) < 4.78 is 1.96. The smallest absolute Gasteiger partial charge is 0.335 e. The van der Waals surface area contributed by atoms with E-state index in [1.807, 2.05) is 17.9 Å². The quantitative estimate of drug-likeness (QED) is 0.160. The molecular weight excluding hydrogens is 536 g/mol. The van der Waals surface area contributed by atoms with Gasteiger partial charge in [0.15, 0.2) is 0 Å². The normalized spacial score (nSPS) is 13.0. The zero-order chi connectivity index (χ0) is 30.5. The molecule has 0 amide bonds. The highest BCUT2D eigenvalue weighted by atomic mass is 16.4. The van der Waals surface area contributed by atoms with Crippen molar-refractivity contribution in [2.45, 2.75) is 59.8 Å². The number of aromatic carboxylic acids is 1. The highest BCUT2D eigenvalue weighted by molar-refractivity contribution is 5.89. The van der Waals surface area contributed by atoms with Crippen LogP contribution in [-0.4, -0.2) is 37.4 Å². The number of aryl methyl sites for hydroxylation is 4. The van der Waals surface area contributed by atoms with Crippen molar-refractivity contribution in [1.82, 2.24) is 25.1 Å². The molecule has 0 bridgehead atoms. The van der Waals surface area contributed by atoms with Crippen molar-refractivity contribution >= 4 is 23.2 Å². The van der Waals surface area contributed by atoms with E-state index in [0.29, 0.717) is 5.95 Å². The van der Waals surface area contributed by atoms with Gasteiger partial charge in [0.2, 0.25) is 5.95 Å². The molecule has 2 aromatic carbocycles. The van der Waals surface area contributed by atoms with E-state index in [2.05, 4.69) is 79.9 Å². The van der Waals surface area contributed by atoms with Crippen LogP contribution in [0.25, 0.3) is 28.1 Å². The van der Waals surface area contributed by atoms with Gasteiger partial charge in [0.1, 0.15) is 0 Å². The molecule has 2 aromatic heterocycles. The highest BCUT2D eigenvalue weighted by Crippen LogP contribution is 2.40. The van der Waals surface area contributed by atoms with Gasteiger partial charge < -0.3 is 15.7 Å². The number of fused-ring (bicyclic) bond motifs is 3. The van der Waals surface area contributed by atoms with Crippen LogP contribution in [-0.2, 0) is 26.3 Å². The maximum absolute atomic E-state index is 11.5. The Morgan fingerprint density at radius 1 is 1.07 bits per heavy atom. The molecule has 4 aromatic rings. The number of hydrogen-bond donors (Lipinski definition) is 3. The number of allylic oxidation sites excluding steroid dienone is 3. The number of rotatable bonds is 11. The van der Waals surface area contributed by atoms with Crippen LogP contribution in [0.15, 0.2) is 66.5 Å². The largest absolute Gasteiger partial charge is 0.478 e. The van der Waals surface area contributed by atoms with E-state index in [9.17, 15) is 9.90 Å². The number of carboxylic acid groups (broad SMARTS) is 1. The van der Waals surface area contributed by atoms with E-state index >= 15 is 0 Å². The number of hydrogen-bond acceptors (Lipinski definition) is 6. The number of aromatic nitrogens is 4. The summed E-state index contributed by atoms with van der Waals surface area (Å²) in [5.74, 6) is -0.454. The fourth-order valence-electron chi connectivity index (χ4n) is 5.51. The molecule has 3 N–H and O–H groups in total. The van der Waals surface area contributed by atoms with Gasteiger partial charge in [0, 0.05) is 42.8 Å². The SMILES string of the molecule is CCCc1cc(C(=O)O)ccc1Nc1ncc2c(n1)-c1c(nn(C)c1-c1ccc(C(/C=C(\C)CC)=C/NCC)cc1)CC2. The number of nitrogens with zero attached hydrogens (tertiary/aromatic N) is 4. The molecule has 0 saturated carbocycles. The summed E-state index contributed by atoms with van der Waals surface area (Å²) in [6.45, 7) is 9.38. The summed E-state index contributed by atoms with van der Waals surface area (Å²) in [6.07, 6.45) is 10.5. The van der Waals surface area contributed by atoms with Crippen molar-refractivity contribution in [1.29, 1.82) is 0 Å². The fourth-order valence-corrected chi connectivity index (χ4v) is 5.51. The minimum Gasteiger partial charge on any atom is -0.478 e. The molecule has 222 valence electrons. The lowest BCUT2D eigenvalue weighted by atomic mass is 9.91. The molecule has 43 heavy (non-hydrogen) atoms. The molecule has 0 saturated heterocycles. The van der Waals surface area contributed by atoms with Gasteiger partial charge in [-0.05, 0) is 80.0 Å². The van der Waals surface area contributed by atoms with E-state index < -0.39 is 5.97 Å². The molecule has 0 atom stereocenters. The maximum atomic E-state index is 11.5. The molecule has 5 rings (SSSR count). The van der Waals surface area contributed by atoms with Gasteiger partial charge in [0.25, 0.3) is 0 Å². The van der Waals surface area contributed by atoms with Crippen molar-refractivity contribution in [2.75, 3.05) is 11.9 Å². The Bertz CT molecular complexity index is 1700. The number of nitrogens with one attached hydrogen (secondary N) is 2. The lowest BCUT2D eigenvalue weighted by Gasteiger charge is -2.18. The van der Waals surface area contributed by atoms with Crippen LogP contribution in [0.3, 0.4) is 0 Å². The van der Waals surface area contributed by atoms with Gasteiger partial charge in [-0.1, -0.05) is 56.2 Å². The number of anilines is 2. The Labute approximate surface area is 253 Å². The lowest BCUT2D eigenvalue weighted by molar-refractivity contribution is 0.0696. The second-order valence-corrected chi connectivity index (χ2v) is 11.0. The zero-order valence-electron chi connectivity index (χ0n) is 25.7. The van der Waals surface area contributed by atoms with Gasteiger partial charge in [-0.25, -0.2) is 14.8 Å². The first-order chi connectivity index (χ1) is 20.8. The molecule has 0 radical (unpaired) electrons. The lowest BCUT2D eigenvalue weighted by Crippen LogP contribution is -2.09. The van der Waals surface area contributed by atoms with Crippen LogP contribution in [0.1, 0.15) is 73.3 Å². The fraction of sp³-hybridized carbons (Fsp3) is 0.314. The summed E-state index contributed by atoms with van der Waals surface area (Å²) in [5, 5.41) is 21.1. The predicted octanol–water partition coefficient (Wildman–Crippen LogP) is 7.34. The third kappa shape index (κ3) is 6.38. The zero-order valence-corrected chi connectivity index (χ0v) is 25.7. The Balaban J connectivity index is 1.52. The Morgan fingerprint density at radius 3 is 2.53 bits per heavy atom. The van der Waals surface area contributed by atoms with E-state index in [1.165, 1.54) is 5.57 Å². The van der Waals surface area contributed by atoms with Crippen LogP contribution >= 0.6 is 0 Å². The monoisotopic (exact) mass is 576 g/mol. The molecule has 0 unspecified atom stereocenters. The molecule has 0 spiro atoms. The first kappa shape index (κ1) is 29.8. The first-order valence-electron chi connectivity index (χ1n) is 15.1. The average molecular weight is 577 g/mol. The maximum Gasteiger partial charge on any atom is 0.335 e. The van der Waals surface area contributed by atoms with E-state index in [4.69, 9.17) is 10.1 Å². The van der Waals surface area contributed by atoms with Gasteiger partial charge in [-0.3, -0.25) is 4.68 Å². The second-order valence-electron chi connectivity index (χ2n) is 11.0. The van der Waals surface area contributed by atoms with Crippen LogP contribution in [0.5, 0.6) is 0 Å². The number of benzene rings is 2. The topological polar surface area (TPSA) is 105 Å². The number of carbonyl (C=O) groups is 1. The first-order valence-corrected chi connectivity index (χ1v) is 15.1. The summed E-state index contributed by atoms with van der Waals surface area (Å²) in [4.78, 5) is 21.2. The summed E-state index contributed by atoms with van der Waals surface area (Å²) in [6, 6.07) is 13.8. The van der Waals surface area contributed by atoms with Gasteiger partial charge in [-0.2, -0.15) is 5.10 Å². The van der Waals surface area contributed by atoms with Crippen molar-refractivity contribution in [3.63, 3.8) is 0 Å². The minimum atomic E-state index is -0.934.